The average Bonchev–Trinajstić information content (AvgIpc) is 3.63. The van der Waals surface area contributed by atoms with Crippen molar-refractivity contribution in [3.63, 3.8) is 0 Å². The molecule has 0 spiro atoms. The Kier molecular flexibility index (Phi) is 13.6. The van der Waals surface area contributed by atoms with Crippen molar-refractivity contribution in [1.82, 2.24) is 24.4 Å². The lowest BCUT2D eigenvalue weighted by Crippen LogP contribution is -2.04. The zero-order chi connectivity index (χ0) is 28.3. The van der Waals surface area contributed by atoms with E-state index in [1.54, 1.807) is 18.0 Å². The maximum atomic E-state index is 11.0. The lowest BCUT2D eigenvalue weighted by Gasteiger charge is -2.06. The minimum Gasteiger partial charge on any atom is -0.314 e. The molecule has 0 aliphatic carbocycles. The van der Waals surface area contributed by atoms with Crippen LogP contribution < -0.4 is 5.32 Å². The predicted octanol–water partition coefficient (Wildman–Crippen LogP) is 8.42. The molecule has 0 atom stereocenters. The molecule has 0 amide bonds. The Bertz CT molecular complexity index is 1670. The number of aromatic nitrogens is 4. The van der Waals surface area contributed by atoms with E-state index in [1.807, 2.05) is 109 Å². The normalized spacial score (nSPS) is 10.1. The van der Waals surface area contributed by atoms with Crippen molar-refractivity contribution < 1.29 is 4.79 Å². The second-order valence-electron chi connectivity index (χ2n) is 8.85. The summed E-state index contributed by atoms with van der Waals surface area (Å²) in [6.45, 7) is 0.766. The smallest absolute Gasteiger partial charge is 0.178 e. The molecule has 0 unspecified atom stereocenters. The van der Waals surface area contributed by atoms with Gasteiger partial charge in [-0.05, 0) is 55.6 Å². The molecule has 0 radical (unpaired) electrons. The lowest BCUT2D eigenvalue weighted by molar-refractivity contribution is 0.111. The van der Waals surface area contributed by atoms with Crippen LogP contribution in [0, 0.1) is 0 Å². The van der Waals surface area contributed by atoms with Crippen LogP contribution in [0.25, 0.3) is 11.4 Å². The Labute approximate surface area is 272 Å². The number of nitrogens with zero attached hydrogens (tertiary/aromatic N) is 4. The highest BCUT2D eigenvalue weighted by molar-refractivity contribution is 7.99. The van der Waals surface area contributed by atoms with Crippen LogP contribution in [0.1, 0.15) is 16.2 Å². The van der Waals surface area contributed by atoms with Crippen molar-refractivity contribution in [2.24, 2.45) is 0 Å². The molecule has 0 aliphatic rings. The first-order valence-corrected chi connectivity index (χ1v) is 14.7. The van der Waals surface area contributed by atoms with Gasteiger partial charge in [-0.25, -0.2) is 9.97 Å². The molecular weight excluding hydrogens is 617 g/mol. The van der Waals surface area contributed by atoms with Crippen molar-refractivity contribution in [2.75, 3.05) is 7.05 Å². The van der Waals surface area contributed by atoms with Gasteiger partial charge in [0.2, 0.25) is 0 Å². The summed E-state index contributed by atoms with van der Waals surface area (Å²) in [5.41, 5.74) is 3.60. The highest BCUT2D eigenvalue weighted by atomic mass is 35.5. The van der Waals surface area contributed by atoms with Crippen LogP contribution in [0.3, 0.4) is 0 Å². The van der Waals surface area contributed by atoms with E-state index < -0.39 is 0 Å². The van der Waals surface area contributed by atoms with Crippen LogP contribution in [-0.4, -0.2) is 32.4 Å². The molecule has 0 aliphatic heterocycles. The molecule has 10 heteroatoms. The fraction of sp³-hybridized carbons (Fsp3) is 0.0606. The maximum absolute atomic E-state index is 11.0. The molecule has 2 heterocycles. The summed E-state index contributed by atoms with van der Waals surface area (Å²) in [7, 11) is 1.94. The topological polar surface area (TPSA) is 64.7 Å². The summed E-state index contributed by atoms with van der Waals surface area (Å²) in [6, 6.07) is 40.5. The highest BCUT2D eigenvalue weighted by Gasteiger charge is 2.12. The number of halogens is 2. The largest absolute Gasteiger partial charge is 0.314 e. The van der Waals surface area contributed by atoms with Gasteiger partial charge in [0.15, 0.2) is 16.6 Å². The van der Waals surface area contributed by atoms with Gasteiger partial charge in [-0.1, -0.05) is 96.3 Å². The Morgan fingerprint density at radius 1 is 0.628 bits per heavy atom. The van der Waals surface area contributed by atoms with Gasteiger partial charge in [0, 0.05) is 40.1 Å². The Morgan fingerprint density at radius 3 is 1.49 bits per heavy atom. The number of imidazole rings is 2. The quantitative estimate of drug-likeness (QED) is 0.159. The van der Waals surface area contributed by atoms with Gasteiger partial charge in [0.25, 0.3) is 0 Å². The second kappa shape index (κ2) is 17.4. The van der Waals surface area contributed by atoms with Gasteiger partial charge >= 0.3 is 0 Å². The van der Waals surface area contributed by atoms with Gasteiger partial charge in [-0.3, -0.25) is 13.9 Å². The molecule has 6 aromatic rings. The second-order valence-corrected chi connectivity index (χ2v) is 10.9. The lowest BCUT2D eigenvalue weighted by atomic mass is 10.3. The molecule has 1 N–H and O–H groups in total. The van der Waals surface area contributed by atoms with Crippen LogP contribution in [0.2, 0.25) is 0 Å². The third-order valence-electron chi connectivity index (χ3n) is 5.87. The fourth-order valence-electron chi connectivity index (χ4n) is 3.99. The monoisotopic (exact) mass is 647 g/mol. The fourth-order valence-corrected chi connectivity index (χ4v) is 5.83. The van der Waals surface area contributed by atoms with E-state index in [0.717, 1.165) is 45.1 Å². The number of benzene rings is 4. The molecule has 0 saturated heterocycles. The van der Waals surface area contributed by atoms with E-state index in [4.69, 9.17) is 4.98 Å². The van der Waals surface area contributed by atoms with E-state index in [2.05, 4.69) is 45.3 Å². The minimum atomic E-state index is 0. The van der Waals surface area contributed by atoms with Crippen molar-refractivity contribution in [3.05, 3.63) is 145 Å². The number of rotatable bonds is 9. The molecule has 6 rings (SSSR count). The van der Waals surface area contributed by atoms with Crippen LogP contribution >= 0.6 is 48.3 Å². The van der Waals surface area contributed by atoms with Crippen LogP contribution in [0.4, 0.5) is 0 Å². The van der Waals surface area contributed by atoms with Gasteiger partial charge < -0.3 is 5.32 Å². The summed E-state index contributed by atoms with van der Waals surface area (Å²) in [6.07, 6.45) is 4.62. The van der Waals surface area contributed by atoms with Gasteiger partial charge in [-0.15, -0.1) is 24.8 Å². The van der Waals surface area contributed by atoms with Crippen LogP contribution in [0.5, 0.6) is 0 Å². The number of carbonyl (C=O) groups excluding carboxylic acids is 1. The van der Waals surface area contributed by atoms with E-state index in [1.165, 1.54) is 16.7 Å². The zero-order valence-electron chi connectivity index (χ0n) is 23.3. The first-order chi connectivity index (χ1) is 20.2. The number of hydrogen-bond donors (Lipinski definition) is 1. The molecule has 0 fully saturated rings. The SMILES string of the molecule is CNCc1cn(-c2ccccc2)c(Sc2ccccc2)n1.Cl.Cl.O=Cc1cn(-c2ccccc2)c(Sc2ccccc2)n1. The molecule has 220 valence electrons. The van der Waals surface area contributed by atoms with Gasteiger partial charge in [-0.2, -0.15) is 0 Å². The van der Waals surface area contributed by atoms with Crippen molar-refractivity contribution >= 4 is 54.6 Å². The van der Waals surface area contributed by atoms with Crippen LogP contribution in [0.15, 0.2) is 154 Å². The van der Waals surface area contributed by atoms with Gasteiger partial charge in [0.1, 0.15) is 5.69 Å². The third kappa shape index (κ3) is 9.35. The Morgan fingerprint density at radius 2 is 1.05 bits per heavy atom. The summed E-state index contributed by atoms with van der Waals surface area (Å²) >= 11 is 3.22. The summed E-state index contributed by atoms with van der Waals surface area (Å²) in [5.74, 6) is 0. The van der Waals surface area contributed by atoms with E-state index in [-0.39, 0.29) is 24.8 Å². The van der Waals surface area contributed by atoms with Crippen molar-refractivity contribution in [1.29, 1.82) is 0 Å². The molecule has 0 saturated carbocycles. The summed E-state index contributed by atoms with van der Waals surface area (Å²) < 4.78 is 4.08. The molecule has 6 nitrogen and oxygen atoms in total. The third-order valence-corrected chi connectivity index (χ3v) is 7.82. The van der Waals surface area contributed by atoms with E-state index in [0.29, 0.717) is 5.69 Å². The Balaban J connectivity index is 0.000000225. The maximum Gasteiger partial charge on any atom is 0.178 e. The number of carbonyl (C=O) groups is 1. The standard InChI is InChI=1S/C17H17N3S.C16H12N2OS.2ClH/c1-18-12-14-13-20(15-8-4-2-5-9-15)17(19-14)21-16-10-6-3-7-11-16;19-12-13-11-18(14-7-3-1-4-8-14)16(17-13)20-15-9-5-2-6-10-15;;/h2-11,13,18H,12H2,1H3;1-12H;2*1H. The number of hydrogen-bond acceptors (Lipinski definition) is 6. The number of nitrogens with one attached hydrogen (secondary N) is 1. The minimum absolute atomic E-state index is 0. The highest BCUT2D eigenvalue weighted by Crippen LogP contribution is 2.30. The predicted molar refractivity (Wildman–Crippen MR) is 181 cm³/mol. The van der Waals surface area contributed by atoms with E-state index in [9.17, 15) is 4.79 Å². The van der Waals surface area contributed by atoms with Crippen molar-refractivity contribution in [3.8, 4) is 11.4 Å². The molecule has 2 aromatic heterocycles. The summed E-state index contributed by atoms with van der Waals surface area (Å²) in [5, 5.41) is 4.92. The van der Waals surface area contributed by atoms with E-state index >= 15 is 0 Å². The van der Waals surface area contributed by atoms with Crippen molar-refractivity contribution in [2.45, 2.75) is 26.6 Å². The molecule has 4 aromatic carbocycles. The summed E-state index contributed by atoms with van der Waals surface area (Å²) in [4.78, 5) is 22.3. The molecule has 0 bridgehead atoms. The van der Waals surface area contributed by atoms with Crippen LogP contribution in [-0.2, 0) is 6.54 Å². The first-order valence-electron chi connectivity index (χ1n) is 13.1. The van der Waals surface area contributed by atoms with Gasteiger partial charge in [0.05, 0.1) is 5.69 Å². The average molecular weight is 649 g/mol. The first kappa shape index (κ1) is 33.7. The number of aldehydes is 1. The number of para-hydroxylation sites is 2. The zero-order valence-corrected chi connectivity index (χ0v) is 26.6. The molecule has 43 heavy (non-hydrogen) atoms. The molecular formula is C33H31Cl2N5OS2. The Hall–Kier alpha value is -3.79.